The zero-order valence-electron chi connectivity index (χ0n) is 17.2. The van der Waals surface area contributed by atoms with Crippen LogP contribution in [0, 0.1) is 5.92 Å². The Hall–Kier alpha value is -3.52. The van der Waals surface area contributed by atoms with E-state index in [0.717, 1.165) is 12.8 Å². The van der Waals surface area contributed by atoms with Gasteiger partial charge in [0.15, 0.2) is 12.0 Å². The highest BCUT2D eigenvalue weighted by atomic mass is 16.5. The van der Waals surface area contributed by atoms with Gasteiger partial charge >= 0.3 is 5.97 Å². The molecule has 3 rings (SSSR count). The summed E-state index contributed by atoms with van der Waals surface area (Å²) in [6.07, 6.45) is 4.38. The Balaban J connectivity index is 2.07. The number of carbonyl (C=O) groups is 3. The van der Waals surface area contributed by atoms with E-state index in [1.165, 1.54) is 13.2 Å². The van der Waals surface area contributed by atoms with Crippen LogP contribution in [0.2, 0.25) is 0 Å². The van der Waals surface area contributed by atoms with Crippen molar-refractivity contribution in [2.75, 3.05) is 26.9 Å². The number of carbonyl (C=O) groups excluding carboxylic acids is 3. The molecule has 162 valence electrons. The van der Waals surface area contributed by atoms with Gasteiger partial charge in [0.1, 0.15) is 18.1 Å². The van der Waals surface area contributed by atoms with Gasteiger partial charge in [0.25, 0.3) is 5.91 Å². The lowest BCUT2D eigenvalue weighted by molar-refractivity contribution is 0.0428. The second-order valence-electron chi connectivity index (χ2n) is 7.11. The van der Waals surface area contributed by atoms with Crippen LogP contribution >= 0.6 is 0 Å². The van der Waals surface area contributed by atoms with Gasteiger partial charge in [-0.3, -0.25) is 9.59 Å². The number of aliphatic hydroxyl groups is 1. The van der Waals surface area contributed by atoms with E-state index in [1.54, 1.807) is 24.3 Å². The number of rotatable bonds is 10. The number of nitrogens with zero attached hydrogens (tertiary/aromatic N) is 1. The predicted molar refractivity (Wildman–Crippen MR) is 114 cm³/mol. The van der Waals surface area contributed by atoms with E-state index in [-0.39, 0.29) is 24.6 Å². The first-order valence-electron chi connectivity index (χ1n) is 9.89. The third-order valence-electron chi connectivity index (χ3n) is 4.93. The number of aliphatic hydroxyl groups excluding tert-OH is 1. The Kier molecular flexibility index (Phi) is 7.15. The third kappa shape index (κ3) is 5.16. The van der Waals surface area contributed by atoms with Crippen LogP contribution < -0.4 is 10.1 Å². The maximum atomic E-state index is 12.7. The number of amides is 1. The highest BCUT2D eigenvalue weighted by Crippen LogP contribution is 2.33. The van der Waals surface area contributed by atoms with E-state index in [9.17, 15) is 14.4 Å². The molecule has 1 heterocycles. The van der Waals surface area contributed by atoms with E-state index in [4.69, 9.17) is 14.6 Å². The molecule has 0 bridgehead atoms. The number of pyridine rings is 1. The summed E-state index contributed by atoms with van der Waals surface area (Å²) in [5, 5.41) is 11.8. The van der Waals surface area contributed by atoms with Gasteiger partial charge in [-0.15, -0.1) is 0 Å². The second kappa shape index (κ2) is 9.99. The number of aromatic nitrogens is 1. The van der Waals surface area contributed by atoms with Crippen molar-refractivity contribution in [3.8, 4) is 16.9 Å². The van der Waals surface area contributed by atoms with Crippen LogP contribution in [0.3, 0.4) is 0 Å². The van der Waals surface area contributed by atoms with E-state index in [2.05, 4.69) is 16.9 Å². The molecular weight excluding hydrogens is 400 g/mol. The third-order valence-corrected chi connectivity index (χ3v) is 4.93. The van der Waals surface area contributed by atoms with Gasteiger partial charge in [0.05, 0.1) is 13.7 Å². The molecule has 8 nitrogen and oxygen atoms in total. The van der Waals surface area contributed by atoms with Crippen LogP contribution in [0.4, 0.5) is 0 Å². The van der Waals surface area contributed by atoms with Crippen molar-refractivity contribution in [1.82, 2.24) is 10.3 Å². The molecule has 0 unspecified atom stereocenters. The molecular formula is C23H24N2O6. The molecule has 0 radical (unpaired) electrons. The zero-order chi connectivity index (χ0) is 22.4. The normalized spacial score (nSPS) is 12.7. The van der Waals surface area contributed by atoms with Crippen LogP contribution in [-0.4, -0.2) is 55.1 Å². The summed E-state index contributed by atoms with van der Waals surface area (Å²) in [6, 6.07) is 6.23. The summed E-state index contributed by atoms with van der Waals surface area (Å²) in [7, 11) is 1.48. The minimum absolute atomic E-state index is 0.0580. The van der Waals surface area contributed by atoms with Gasteiger partial charge < -0.3 is 19.9 Å². The first-order chi connectivity index (χ1) is 15.0. The SMILES string of the molecule is C=Cc1cc(C=O)c(-c2ccc(C(=O)NCC3CC3)nc2C(=O)OCCO)cc1OC. The number of esters is 1. The maximum Gasteiger partial charge on any atom is 0.357 e. The maximum absolute atomic E-state index is 12.7. The van der Waals surface area contributed by atoms with Crippen molar-refractivity contribution in [3.63, 3.8) is 0 Å². The Morgan fingerprint density at radius 1 is 1.26 bits per heavy atom. The number of nitrogens with one attached hydrogen (secondary N) is 1. The van der Waals surface area contributed by atoms with Crippen molar-refractivity contribution in [2.45, 2.75) is 12.8 Å². The van der Waals surface area contributed by atoms with Crippen LogP contribution in [0.25, 0.3) is 17.2 Å². The number of ether oxygens (including phenoxy) is 2. The van der Waals surface area contributed by atoms with Gasteiger partial charge in [0.2, 0.25) is 0 Å². The van der Waals surface area contributed by atoms with Crippen LogP contribution in [0.1, 0.15) is 49.7 Å². The van der Waals surface area contributed by atoms with E-state index in [1.807, 2.05) is 0 Å². The van der Waals surface area contributed by atoms with Crippen molar-refractivity contribution in [1.29, 1.82) is 0 Å². The lowest BCUT2D eigenvalue weighted by Crippen LogP contribution is -2.27. The molecule has 2 aromatic rings. The molecule has 31 heavy (non-hydrogen) atoms. The molecule has 1 fully saturated rings. The predicted octanol–water partition coefficient (Wildman–Crippen LogP) is 2.50. The lowest BCUT2D eigenvalue weighted by atomic mass is 9.95. The molecule has 1 aliphatic rings. The first-order valence-corrected chi connectivity index (χ1v) is 9.89. The molecule has 1 aromatic carbocycles. The highest BCUT2D eigenvalue weighted by molar-refractivity contribution is 6.01. The summed E-state index contributed by atoms with van der Waals surface area (Å²) in [5.41, 5.74) is 1.52. The van der Waals surface area contributed by atoms with E-state index < -0.39 is 11.9 Å². The summed E-state index contributed by atoms with van der Waals surface area (Å²) in [6.45, 7) is 3.69. The fourth-order valence-corrected chi connectivity index (χ4v) is 3.10. The molecule has 0 aliphatic heterocycles. The minimum atomic E-state index is -0.815. The van der Waals surface area contributed by atoms with E-state index in [0.29, 0.717) is 46.8 Å². The van der Waals surface area contributed by atoms with Gasteiger partial charge in [-0.25, -0.2) is 9.78 Å². The van der Waals surface area contributed by atoms with Crippen LogP contribution in [0.15, 0.2) is 30.8 Å². The fraction of sp³-hybridized carbons (Fsp3) is 0.304. The monoisotopic (exact) mass is 424 g/mol. The molecule has 8 heteroatoms. The number of hydrogen-bond donors (Lipinski definition) is 2. The van der Waals surface area contributed by atoms with Crippen molar-refractivity contribution in [2.24, 2.45) is 5.92 Å². The Morgan fingerprint density at radius 2 is 2.03 bits per heavy atom. The number of hydrogen-bond acceptors (Lipinski definition) is 7. The fourth-order valence-electron chi connectivity index (χ4n) is 3.10. The topological polar surface area (TPSA) is 115 Å². The van der Waals surface area contributed by atoms with Gasteiger partial charge in [-0.1, -0.05) is 12.7 Å². The molecule has 1 amide bonds. The molecule has 0 saturated heterocycles. The summed E-state index contributed by atoms with van der Waals surface area (Å²) < 4.78 is 10.4. The lowest BCUT2D eigenvalue weighted by Gasteiger charge is -2.15. The van der Waals surface area contributed by atoms with Gasteiger partial charge in [-0.2, -0.15) is 0 Å². The summed E-state index contributed by atoms with van der Waals surface area (Å²) in [4.78, 5) is 41.1. The minimum Gasteiger partial charge on any atom is -0.496 e. The van der Waals surface area contributed by atoms with Crippen LogP contribution in [-0.2, 0) is 4.74 Å². The zero-order valence-corrected chi connectivity index (χ0v) is 17.2. The summed E-state index contributed by atoms with van der Waals surface area (Å²) >= 11 is 0. The second-order valence-corrected chi connectivity index (χ2v) is 7.11. The largest absolute Gasteiger partial charge is 0.496 e. The average Bonchev–Trinajstić information content (AvgIpc) is 3.64. The smallest absolute Gasteiger partial charge is 0.357 e. The molecule has 2 N–H and O–H groups in total. The van der Waals surface area contributed by atoms with Crippen LogP contribution in [0.5, 0.6) is 5.75 Å². The molecule has 0 spiro atoms. The van der Waals surface area contributed by atoms with Gasteiger partial charge in [-0.05, 0) is 48.6 Å². The highest BCUT2D eigenvalue weighted by Gasteiger charge is 2.24. The van der Waals surface area contributed by atoms with E-state index >= 15 is 0 Å². The molecule has 1 aliphatic carbocycles. The number of methoxy groups -OCH3 is 1. The first kappa shape index (κ1) is 22.2. The number of aldehydes is 1. The standard InChI is InChI=1S/C23H24N2O6/c1-3-15-10-16(13-27)18(11-20(15)30-2)17-6-7-19(22(28)24-12-14-4-5-14)25-21(17)23(29)31-9-8-26/h3,6-7,10-11,13-14,26H,1,4-5,8-9,12H2,2H3,(H,24,28). The molecule has 0 atom stereocenters. The van der Waals surface area contributed by atoms with Crippen molar-refractivity contribution < 1.29 is 29.0 Å². The Bertz CT molecular complexity index is 1010. The Morgan fingerprint density at radius 3 is 2.65 bits per heavy atom. The van der Waals surface area contributed by atoms with Crippen molar-refractivity contribution in [3.05, 3.63) is 53.4 Å². The Labute approximate surface area is 179 Å². The average molecular weight is 424 g/mol. The quantitative estimate of drug-likeness (QED) is 0.445. The molecule has 1 aromatic heterocycles. The number of benzene rings is 1. The van der Waals surface area contributed by atoms with Crippen molar-refractivity contribution >= 4 is 24.2 Å². The summed E-state index contributed by atoms with van der Waals surface area (Å²) in [5.74, 6) is -0.269. The molecule has 1 saturated carbocycles. The van der Waals surface area contributed by atoms with Gasteiger partial charge in [0, 0.05) is 23.2 Å².